The van der Waals surface area contributed by atoms with E-state index in [0.717, 1.165) is 25.0 Å². The highest BCUT2D eigenvalue weighted by atomic mass is 32.1. The molecule has 0 fully saturated rings. The molecule has 2 aromatic heterocycles. The molecule has 2 heterocycles. The molecule has 0 amide bonds. The van der Waals surface area contributed by atoms with Gasteiger partial charge in [-0.1, -0.05) is 17.8 Å². The normalized spacial score (nSPS) is 12.8. The van der Waals surface area contributed by atoms with Gasteiger partial charge in [-0.3, -0.25) is 4.68 Å². The number of nitrogens with one attached hydrogen (secondary N) is 1. The largest absolute Gasteiger partial charge is 0.312 e. The van der Waals surface area contributed by atoms with Crippen LogP contribution in [0.3, 0.4) is 0 Å². The fourth-order valence-corrected chi connectivity index (χ4v) is 2.83. The van der Waals surface area contributed by atoms with Crippen LogP contribution >= 0.6 is 11.5 Å². The summed E-state index contributed by atoms with van der Waals surface area (Å²) in [6.45, 7) is 2.17. The Morgan fingerprint density at radius 2 is 2.33 bits per heavy atom. The number of aromatic nitrogens is 4. The predicted molar refractivity (Wildman–Crippen MR) is 72.6 cm³/mol. The summed E-state index contributed by atoms with van der Waals surface area (Å²) in [5.74, 6) is 0. The number of likely N-dealkylation sites (N-methyl/N-ethyl adjacent to an activating group) is 1. The number of aryl methyl sites for hydroxylation is 2. The Labute approximate surface area is 111 Å². The molecule has 1 atom stereocenters. The van der Waals surface area contributed by atoms with Gasteiger partial charge in [0, 0.05) is 19.3 Å². The van der Waals surface area contributed by atoms with Crippen molar-refractivity contribution in [3.8, 4) is 0 Å². The number of rotatable bonds is 6. The maximum atomic E-state index is 4.23. The molecule has 5 nitrogen and oxygen atoms in total. The van der Waals surface area contributed by atoms with Crippen molar-refractivity contribution in [2.75, 3.05) is 7.05 Å². The van der Waals surface area contributed by atoms with Gasteiger partial charge in [0.25, 0.3) is 0 Å². The van der Waals surface area contributed by atoms with Crippen LogP contribution in [0.2, 0.25) is 0 Å². The van der Waals surface area contributed by atoms with Gasteiger partial charge in [-0.2, -0.15) is 5.10 Å². The van der Waals surface area contributed by atoms with Crippen LogP contribution in [0, 0.1) is 0 Å². The van der Waals surface area contributed by atoms with Crippen molar-refractivity contribution in [2.45, 2.75) is 32.2 Å². The van der Waals surface area contributed by atoms with Crippen LogP contribution in [-0.4, -0.2) is 26.4 Å². The summed E-state index contributed by atoms with van der Waals surface area (Å²) >= 11 is 1.50. The Hall–Kier alpha value is -1.27. The minimum Gasteiger partial charge on any atom is -0.312 e. The third-order valence-electron chi connectivity index (χ3n) is 2.94. The lowest BCUT2D eigenvalue weighted by molar-refractivity contribution is 0.593. The van der Waals surface area contributed by atoms with Crippen molar-refractivity contribution in [3.63, 3.8) is 0 Å². The highest BCUT2D eigenvalue weighted by Gasteiger charge is 2.18. The second kappa shape index (κ2) is 6.06. The molecular weight excluding hydrogens is 246 g/mol. The van der Waals surface area contributed by atoms with Crippen LogP contribution in [0.1, 0.15) is 35.5 Å². The first kappa shape index (κ1) is 13.2. The van der Waals surface area contributed by atoms with Gasteiger partial charge < -0.3 is 5.32 Å². The van der Waals surface area contributed by atoms with E-state index < -0.39 is 0 Å². The van der Waals surface area contributed by atoms with Gasteiger partial charge in [-0.25, -0.2) is 0 Å². The fraction of sp³-hybridized carbons (Fsp3) is 0.583. The summed E-state index contributed by atoms with van der Waals surface area (Å²) in [5, 5.41) is 11.8. The molecule has 18 heavy (non-hydrogen) atoms. The Kier molecular flexibility index (Phi) is 4.43. The average Bonchev–Trinajstić information content (AvgIpc) is 2.96. The number of hydrogen-bond acceptors (Lipinski definition) is 5. The first-order valence-electron chi connectivity index (χ1n) is 6.20. The lowest BCUT2D eigenvalue weighted by atomic mass is 10.1. The molecule has 1 unspecified atom stereocenters. The van der Waals surface area contributed by atoms with Crippen LogP contribution in [0.25, 0.3) is 0 Å². The van der Waals surface area contributed by atoms with Crippen molar-refractivity contribution in [2.24, 2.45) is 7.05 Å². The van der Waals surface area contributed by atoms with Crippen molar-refractivity contribution in [1.82, 2.24) is 24.7 Å². The molecule has 0 aliphatic rings. The van der Waals surface area contributed by atoms with Gasteiger partial charge >= 0.3 is 0 Å². The third kappa shape index (κ3) is 2.94. The van der Waals surface area contributed by atoms with Gasteiger partial charge in [0.15, 0.2) is 0 Å². The van der Waals surface area contributed by atoms with E-state index >= 15 is 0 Å². The number of hydrogen-bond donors (Lipinski definition) is 1. The van der Waals surface area contributed by atoms with E-state index in [4.69, 9.17) is 0 Å². The Morgan fingerprint density at radius 3 is 2.94 bits per heavy atom. The SMILES string of the molecule is CCCc1nnsc1C(Cc1cnn(C)c1)NC. The molecule has 0 spiro atoms. The Bertz CT molecular complexity index is 490. The first-order chi connectivity index (χ1) is 8.74. The second-order valence-corrected chi connectivity index (χ2v) is 5.19. The molecule has 1 N–H and O–H groups in total. The zero-order chi connectivity index (χ0) is 13.0. The Morgan fingerprint density at radius 1 is 1.50 bits per heavy atom. The first-order valence-corrected chi connectivity index (χ1v) is 6.97. The molecular formula is C12H19N5S. The van der Waals surface area contributed by atoms with Crippen molar-refractivity contribution < 1.29 is 0 Å². The van der Waals surface area contributed by atoms with Crippen molar-refractivity contribution in [1.29, 1.82) is 0 Å². The van der Waals surface area contributed by atoms with E-state index in [-0.39, 0.29) is 6.04 Å². The van der Waals surface area contributed by atoms with E-state index in [1.54, 1.807) is 0 Å². The predicted octanol–water partition coefficient (Wildman–Crippen LogP) is 1.73. The topological polar surface area (TPSA) is 55.6 Å². The second-order valence-electron chi connectivity index (χ2n) is 4.40. The summed E-state index contributed by atoms with van der Waals surface area (Å²) in [6.07, 6.45) is 6.99. The molecule has 6 heteroatoms. The molecule has 0 bridgehead atoms. The molecule has 98 valence electrons. The van der Waals surface area contributed by atoms with E-state index in [1.807, 2.05) is 25.0 Å². The molecule has 0 saturated carbocycles. The summed E-state index contributed by atoms with van der Waals surface area (Å²) in [7, 11) is 3.92. The van der Waals surface area contributed by atoms with Gasteiger partial charge in [0.05, 0.1) is 16.8 Å². The van der Waals surface area contributed by atoms with Crippen LogP contribution in [0.5, 0.6) is 0 Å². The van der Waals surface area contributed by atoms with Crippen LogP contribution in [0.4, 0.5) is 0 Å². The van der Waals surface area contributed by atoms with E-state index in [0.29, 0.717) is 0 Å². The third-order valence-corrected chi connectivity index (χ3v) is 3.82. The maximum absolute atomic E-state index is 4.23. The monoisotopic (exact) mass is 265 g/mol. The van der Waals surface area contributed by atoms with Crippen LogP contribution < -0.4 is 5.32 Å². The average molecular weight is 265 g/mol. The molecule has 0 saturated heterocycles. The zero-order valence-corrected chi connectivity index (χ0v) is 11.9. The highest BCUT2D eigenvalue weighted by molar-refractivity contribution is 7.05. The molecule has 0 aliphatic heterocycles. The zero-order valence-electron chi connectivity index (χ0n) is 11.1. The van der Waals surface area contributed by atoms with Crippen LogP contribution in [0.15, 0.2) is 12.4 Å². The van der Waals surface area contributed by atoms with Crippen molar-refractivity contribution in [3.05, 3.63) is 28.5 Å². The van der Waals surface area contributed by atoms with E-state index in [2.05, 4.69) is 33.1 Å². The molecule has 0 aromatic carbocycles. The van der Waals surface area contributed by atoms with Crippen LogP contribution in [-0.2, 0) is 19.9 Å². The quantitative estimate of drug-likeness (QED) is 0.864. The molecule has 2 rings (SSSR count). The summed E-state index contributed by atoms with van der Waals surface area (Å²) < 4.78 is 5.92. The highest BCUT2D eigenvalue weighted by Crippen LogP contribution is 2.24. The molecule has 2 aromatic rings. The lowest BCUT2D eigenvalue weighted by Crippen LogP contribution is -2.19. The van der Waals surface area contributed by atoms with Gasteiger partial charge in [0.2, 0.25) is 0 Å². The van der Waals surface area contributed by atoms with Gasteiger partial charge in [0.1, 0.15) is 0 Å². The molecule has 0 radical (unpaired) electrons. The minimum atomic E-state index is 0.274. The molecule has 0 aliphatic carbocycles. The van der Waals surface area contributed by atoms with E-state index in [1.165, 1.54) is 22.0 Å². The smallest absolute Gasteiger partial charge is 0.0803 e. The Balaban J connectivity index is 2.14. The summed E-state index contributed by atoms with van der Waals surface area (Å²) in [6, 6.07) is 0.274. The summed E-state index contributed by atoms with van der Waals surface area (Å²) in [5.41, 5.74) is 2.36. The summed E-state index contributed by atoms with van der Waals surface area (Å²) in [4.78, 5) is 1.25. The van der Waals surface area contributed by atoms with Gasteiger partial charge in [-0.05, 0) is 37.0 Å². The standard InChI is InChI=1S/C12H19N5S/c1-4-5-10-12(18-16-15-10)11(13-2)6-9-7-14-17(3)8-9/h7-8,11,13H,4-6H2,1-3H3. The van der Waals surface area contributed by atoms with E-state index in [9.17, 15) is 0 Å². The number of nitrogens with zero attached hydrogens (tertiary/aromatic N) is 4. The fourth-order valence-electron chi connectivity index (χ4n) is 2.03. The van der Waals surface area contributed by atoms with Crippen molar-refractivity contribution >= 4 is 11.5 Å². The maximum Gasteiger partial charge on any atom is 0.0803 e. The van der Waals surface area contributed by atoms with Gasteiger partial charge in [-0.15, -0.1) is 5.10 Å². The minimum absolute atomic E-state index is 0.274. The lowest BCUT2D eigenvalue weighted by Gasteiger charge is -2.14.